The summed E-state index contributed by atoms with van der Waals surface area (Å²) in [5, 5.41) is 0. The second-order valence-electron chi connectivity index (χ2n) is 7.41. The van der Waals surface area contributed by atoms with Crippen molar-refractivity contribution >= 4 is 17.4 Å². The van der Waals surface area contributed by atoms with Gasteiger partial charge in [-0.25, -0.2) is 0 Å². The molecule has 0 radical (unpaired) electrons. The Labute approximate surface area is 177 Å². The predicted octanol–water partition coefficient (Wildman–Crippen LogP) is 4.95. The Balaban J connectivity index is 1.71. The van der Waals surface area contributed by atoms with Crippen LogP contribution < -0.4 is 4.90 Å². The van der Waals surface area contributed by atoms with Gasteiger partial charge in [-0.2, -0.15) is 0 Å². The molecule has 0 spiro atoms. The average Bonchev–Trinajstić information content (AvgIpc) is 2.77. The van der Waals surface area contributed by atoms with Gasteiger partial charge in [0.1, 0.15) is 0 Å². The molecule has 2 heterocycles. The van der Waals surface area contributed by atoms with Crippen LogP contribution in [0.2, 0.25) is 0 Å². The molecule has 0 aliphatic heterocycles. The largest absolute Gasteiger partial charge is 0.316 e. The van der Waals surface area contributed by atoms with E-state index in [1.165, 1.54) is 0 Å². The topological polar surface area (TPSA) is 63.2 Å². The van der Waals surface area contributed by atoms with E-state index in [1.54, 1.807) is 24.3 Å². The molecule has 0 fully saturated rings. The van der Waals surface area contributed by atoms with Crippen molar-refractivity contribution in [2.24, 2.45) is 0 Å². The highest BCUT2D eigenvalue weighted by atomic mass is 16.2. The van der Waals surface area contributed by atoms with Gasteiger partial charge in [0, 0.05) is 54.8 Å². The second-order valence-corrected chi connectivity index (χ2v) is 7.41. The molecule has 0 N–H and O–H groups in total. The lowest BCUT2D eigenvalue weighted by atomic mass is 10.0. The lowest BCUT2D eigenvalue weighted by Crippen LogP contribution is -2.25. The number of ketones is 1. The van der Waals surface area contributed by atoms with Crippen LogP contribution in [0.1, 0.15) is 46.9 Å². The van der Waals surface area contributed by atoms with Crippen molar-refractivity contribution < 1.29 is 9.59 Å². The second kappa shape index (κ2) is 9.44. The zero-order valence-electron chi connectivity index (χ0n) is 18.0. The fourth-order valence-corrected chi connectivity index (χ4v) is 3.42. The van der Waals surface area contributed by atoms with E-state index in [1.807, 2.05) is 63.2 Å². The van der Waals surface area contributed by atoms with Gasteiger partial charge in [-0.15, -0.1) is 0 Å². The zero-order chi connectivity index (χ0) is 21.7. The van der Waals surface area contributed by atoms with Crippen LogP contribution in [-0.2, 0) is 11.2 Å². The SMILES string of the molecule is CCC(=O)N(C)c1ccc(-c2ccc(C(=O)CCc3cccnc3C)cn2)c(C)c1. The fourth-order valence-electron chi connectivity index (χ4n) is 3.42. The first kappa shape index (κ1) is 21.4. The van der Waals surface area contributed by atoms with Crippen LogP contribution >= 0.6 is 0 Å². The van der Waals surface area contributed by atoms with Gasteiger partial charge in [0.05, 0.1) is 5.69 Å². The summed E-state index contributed by atoms with van der Waals surface area (Å²) in [5.41, 5.74) is 6.36. The Kier molecular flexibility index (Phi) is 6.72. The van der Waals surface area contributed by atoms with Gasteiger partial charge in [0.25, 0.3) is 0 Å². The van der Waals surface area contributed by atoms with E-state index in [4.69, 9.17) is 0 Å². The van der Waals surface area contributed by atoms with Crippen LogP contribution in [0.4, 0.5) is 5.69 Å². The normalized spacial score (nSPS) is 10.7. The van der Waals surface area contributed by atoms with E-state index in [0.717, 1.165) is 33.8 Å². The molecule has 1 amide bonds. The summed E-state index contributed by atoms with van der Waals surface area (Å²) >= 11 is 0. The summed E-state index contributed by atoms with van der Waals surface area (Å²) < 4.78 is 0. The number of aryl methyl sites for hydroxylation is 3. The van der Waals surface area contributed by atoms with Gasteiger partial charge in [0.15, 0.2) is 5.78 Å². The van der Waals surface area contributed by atoms with Gasteiger partial charge in [0.2, 0.25) is 5.91 Å². The smallest absolute Gasteiger partial charge is 0.226 e. The first-order chi connectivity index (χ1) is 14.4. The van der Waals surface area contributed by atoms with Crippen molar-refractivity contribution in [3.8, 4) is 11.3 Å². The molecule has 3 rings (SSSR count). The number of pyridine rings is 2. The van der Waals surface area contributed by atoms with Gasteiger partial charge in [-0.3, -0.25) is 19.6 Å². The Morgan fingerprint density at radius 3 is 2.47 bits per heavy atom. The number of carbonyl (C=O) groups is 2. The summed E-state index contributed by atoms with van der Waals surface area (Å²) in [7, 11) is 1.78. The van der Waals surface area contributed by atoms with Gasteiger partial charge in [-0.1, -0.05) is 19.1 Å². The van der Waals surface area contributed by atoms with Crippen molar-refractivity contribution in [3.05, 3.63) is 77.2 Å². The molecule has 0 atom stereocenters. The molecule has 0 saturated carbocycles. The number of rotatable bonds is 7. The molecular weight excluding hydrogens is 374 g/mol. The van der Waals surface area contributed by atoms with Crippen molar-refractivity contribution in [1.82, 2.24) is 9.97 Å². The quantitative estimate of drug-likeness (QED) is 0.526. The van der Waals surface area contributed by atoms with Crippen molar-refractivity contribution in [3.63, 3.8) is 0 Å². The van der Waals surface area contributed by atoms with E-state index in [9.17, 15) is 9.59 Å². The molecule has 0 saturated heterocycles. The van der Waals surface area contributed by atoms with E-state index in [2.05, 4.69) is 9.97 Å². The number of hydrogen-bond acceptors (Lipinski definition) is 4. The third-order valence-electron chi connectivity index (χ3n) is 5.37. The van der Waals surface area contributed by atoms with Gasteiger partial charge >= 0.3 is 0 Å². The van der Waals surface area contributed by atoms with E-state index in [-0.39, 0.29) is 11.7 Å². The number of carbonyl (C=O) groups excluding carboxylic acids is 2. The summed E-state index contributed by atoms with van der Waals surface area (Å²) in [5.74, 6) is 0.147. The van der Waals surface area contributed by atoms with E-state index in [0.29, 0.717) is 24.8 Å². The number of benzene rings is 1. The molecule has 5 nitrogen and oxygen atoms in total. The molecule has 0 bridgehead atoms. The maximum Gasteiger partial charge on any atom is 0.226 e. The minimum atomic E-state index is 0.0732. The first-order valence-electron chi connectivity index (χ1n) is 10.2. The minimum absolute atomic E-state index is 0.0732. The maximum atomic E-state index is 12.6. The third-order valence-corrected chi connectivity index (χ3v) is 5.37. The third kappa shape index (κ3) is 4.79. The van der Waals surface area contributed by atoms with E-state index < -0.39 is 0 Å². The molecular formula is C25H27N3O2. The van der Waals surface area contributed by atoms with Gasteiger partial charge < -0.3 is 4.90 Å². The summed E-state index contributed by atoms with van der Waals surface area (Å²) in [6.07, 6.45) is 4.98. The lowest BCUT2D eigenvalue weighted by molar-refractivity contribution is -0.118. The highest BCUT2D eigenvalue weighted by Crippen LogP contribution is 2.26. The predicted molar refractivity (Wildman–Crippen MR) is 120 cm³/mol. The van der Waals surface area contributed by atoms with Crippen LogP contribution in [0, 0.1) is 13.8 Å². The number of hydrogen-bond donors (Lipinski definition) is 0. The minimum Gasteiger partial charge on any atom is -0.316 e. The molecule has 0 unspecified atom stereocenters. The fraction of sp³-hybridized carbons (Fsp3) is 0.280. The highest BCUT2D eigenvalue weighted by Gasteiger charge is 2.12. The molecule has 30 heavy (non-hydrogen) atoms. The van der Waals surface area contributed by atoms with Crippen LogP contribution in [0.3, 0.4) is 0 Å². The summed E-state index contributed by atoms with van der Waals surface area (Å²) in [6.45, 7) is 5.81. The highest BCUT2D eigenvalue weighted by molar-refractivity contribution is 5.96. The number of aromatic nitrogens is 2. The molecule has 3 aromatic rings. The number of nitrogens with zero attached hydrogens (tertiary/aromatic N) is 3. The number of Topliss-reactive ketones (excluding diaryl/α,β-unsaturated/α-hetero) is 1. The Morgan fingerprint density at radius 2 is 1.83 bits per heavy atom. The monoisotopic (exact) mass is 401 g/mol. The molecule has 5 heteroatoms. The van der Waals surface area contributed by atoms with Crippen LogP contribution in [0.5, 0.6) is 0 Å². The van der Waals surface area contributed by atoms with Crippen molar-refractivity contribution in [1.29, 1.82) is 0 Å². The van der Waals surface area contributed by atoms with Crippen molar-refractivity contribution in [2.45, 2.75) is 40.0 Å². The molecule has 154 valence electrons. The number of anilines is 1. The zero-order valence-corrected chi connectivity index (χ0v) is 18.0. The average molecular weight is 402 g/mol. The summed E-state index contributed by atoms with van der Waals surface area (Å²) in [4.78, 5) is 34.9. The lowest BCUT2D eigenvalue weighted by Gasteiger charge is -2.18. The van der Waals surface area contributed by atoms with Gasteiger partial charge in [-0.05, 0) is 61.7 Å². The van der Waals surface area contributed by atoms with Crippen molar-refractivity contribution in [2.75, 3.05) is 11.9 Å². The van der Waals surface area contributed by atoms with Crippen LogP contribution in [0.25, 0.3) is 11.3 Å². The molecule has 2 aromatic heterocycles. The molecule has 0 aliphatic carbocycles. The maximum absolute atomic E-state index is 12.6. The Bertz CT molecular complexity index is 1060. The number of amides is 1. The van der Waals surface area contributed by atoms with Crippen LogP contribution in [0.15, 0.2) is 54.9 Å². The molecule has 1 aromatic carbocycles. The Morgan fingerprint density at radius 1 is 1.03 bits per heavy atom. The summed E-state index contributed by atoms with van der Waals surface area (Å²) in [6, 6.07) is 13.5. The first-order valence-corrected chi connectivity index (χ1v) is 10.2. The Hall–Kier alpha value is -3.34. The van der Waals surface area contributed by atoms with Crippen LogP contribution in [-0.4, -0.2) is 28.7 Å². The van der Waals surface area contributed by atoms with E-state index >= 15 is 0 Å². The molecule has 0 aliphatic rings. The standard InChI is InChI=1S/C25H27N3O2/c1-5-25(30)28(4)21-10-11-22(17(2)15-21)23-12-8-20(16-27-23)24(29)13-9-19-7-6-14-26-18(19)3/h6-8,10-12,14-16H,5,9,13H2,1-4H3.